The Morgan fingerprint density at radius 3 is 2.81 bits per heavy atom. The fourth-order valence-electron chi connectivity index (χ4n) is 3.14. The van der Waals surface area contributed by atoms with Gasteiger partial charge in [0.05, 0.1) is 19.1 Å². The van der Waals surface area contributed by atoms with Crippen LogP contribution in [0.3, 0.4) is 0 Å². The summed E-state index contributed by atoms with van der Waals surface area (Å²) < 4.78 is 10.3. The molecule has 1 aliphatic rings. The molecule has 1 aliphatic carbocycles. The summed E-state index contributed by atoms with van der Waals surface area (Å²) in [5.74, 6) is -0.360. The quantitative estimate of drug-likeness (QED) is 0.773. The zero-order chi connectivity index (χ0) is 19.2. The van der Waals surface area contributed by atoms with Crippen LogP contribution in [0.1, 0.15) is 34.4 Å². The standard InChI is InChI=1S/C20H20N2O4S/c1-25-16-8-4-2-6-13(16)10-19(24)26-12-18(23)22-20-15(11-21)14-7-3-5-9-17(14)27-20/h2,4,6,8H,3,5,7,9-10,12H2,1H3,(H,22,23). The number of hydrogen-bond acceptors (Lipinski definition) is 6. The van der Waals surface area contributed by atoms with Crippen LogP contribution in [0.25, 0.3) is 0 Å². The van der Waals surface area contributed by atoms with Crippen LogP contribution in [-0.2, 0) is 33.6 Å². The maximum Gasteiger partial charge on any atom is 0.310 e. The fraction of sp³-hybridized carbons (Fsp3) is 0.350. The van der Waals surface area contributed by atoms with Crippen LogP contribution in [0, 0.1) is 11.3 Å². The number of para-hydroxylation sites is 1. The van der Waals surface area contributed by atoms with Crippen molar-refractivity contribution in [2.24, 2.45) is 0 Å². The lowest BCUT2D eigenvalue weighted by atomic mass is 9.96. The Hall–Kier alpha value is -2.85. The first-order chi connectivity index (χ1) is 13.1. The number of fused-ring (bicyclic) bond motifs is 1. The SMILES string of the molecule is COc1ccccc1CC(=O)OCC(=O)Nc1sc2c(c1C#N)CCCC2. The first-order valence-electron chi connectivity index (χ1n) is 8.74. The minimum atomic E-state index is -0.513. The molecule has 0 radical (unpaired) electrons. The highest BCUT2D eigenvalue weighted by molar-refractivity contribution is 7.16. The van der Waals surface area contributed by atoms with E-state index in [1.807, 2.05) is 6.07 Å². The molecule has 0 saturated heterocycles. The van der Waals surface area contributed by atoms with Crippen LogP contribution in [0.4, 0.5) is 5.00 Å². The van der Waals surface area contributed by atoms with Crippen molar-refractivity contribution < 1.29 is 19.1 Å². The minimum Gasteiger partial charge on any atom is -0.496 e. The molecule has 140 valence electrons. The number of esters is 1. The number of rotatable bonds is 6. The first-order valence-corrected chi connectivity index (χ1v) is 9.56. The molecule has 1 N–H and O–H groups in total. The van der Waals surface area contributed by atoms with E-state index in [-0.39, 0.29) is 13.0 Å². The molecule has 2 aromatic rings. The normalized spacial score (nSPS) is 12.6. The number of thiophene rings is 1. The Kier molecular flexibility index (Phi) is 6.09. The molecule has 0 unspecified atom stereocenters. The highest BCUT2D eigenvalue weighted by Gasteiger charge is 2.22. The van der Waals surface area contributed by atoms with Crippen LogP contribution in [0.5, 0.6) is 5.75 Å². The summed E-state index contributed by atoms with van der Waals surface area (Å²) in [5.41, 5.74) is 2.30. The zero-order valence-electron chi connectivity index (χ0n) is 15.0. The van der Waals surface area contributed by atoms with E-state index in [1.165, 1.54) is 23.3 Å². The number of amides is 1. The average Bonchev–Trinajstić information content (AvgIpc) is 3.03. The third-order valence-corrected chi connectivity index (χ3v) is 5.63. The van der Waals surface area contributed by atoms with Crippen LogP contribution in [-0.4, -0.2) is 25.6 Å². The van der Waals surface area contributed by atoms with Crippen LogP contribution in [0.15, 0.2) is 24.3 Å². The molecular weight excluding hydrogens is 364 g/mol. The van der Waals surface area contributed by atoms with Gasteiger partial charge in [0.2, 0.25) is 0 Å². The molecule has 7 heteroatoms. The van der Waals surface area contributed by atoms with E-state index in [1.54, 1.807) is 18.2 Å². The van der Waals surface area contributed by atoms with Crippen molar-refractivity contribution in [1.82, 2.24) is 0 Å². The van der Waals surface area contributed by atoms with E-state index in [0.29, 0.717) is 21.9 Å². The first kappa shape index (κ1) is 18.9. The molecule has 1 aromatic carbocycles. The van der Waals surface area contributed by atoms with Gasteiger partial charge in [-0.15, -0.1) is 11.3 Å². The van der Waals surface area contributed by atoms with Crippen molar-refractivity contribution >= 4 is 28.2 Å². The lowest BCUT2D eigenvalue weighted by molar-refractivity contribution is -0.146. The summed E-state index contributed by atoms with van der Waals surface area (Å²) in [6.07, 6.45) is 4.00. The number of carbonyl (C=O) groups is 2. The second kappa shape index (κ2) is 8.69. The van der Waals surface area contributed by atoms with Crippen molar-refractivity contribution in [1.29, 1.82) is 5.26 Å². The Morgan fingerprint density at radius 1 is 1.26 bits per heavy atom. The summed E-state index contributed by atoms with van der Waals surface area (Å²) in [7, 11) is 1.53. The minimum absolute atomic E-state index is 0.0219. The maximum atomic E-state index is 12.2. The van der Waals surface area contributed by atoms with Crippen molar-refractivity contribution in [2.45, 2.75) is 32.1 Å². The highest BCUT2D eigenvalue weighted by atomic mass is 32.1. The third-order valence-electron chi connectivity index (χ3n) is 4.43. The Morgan fingerprint density at radius 2 is 2.04 bits per heavy atom. The molecule has 0 saturated carbocycles. The number of nitrogens with one attached hydrogen (secondary N) is 1. The highest BCUT2D eigenvalue weighted by Crippen LogP contribution is 2.37. The molecule has 27 heavy (non-hydrogen) atoms. The van der Waals surface area contributed by atoms with Gasteiger partial charge in [-0.25, -0.2) is 0 Å². The van der Waals surface area contributed by atoms with Gasteiger partial charge < -0.3 is 14.8 Å². The molecule has 1 aromatic heterocycles. The van der Waals surface area contributed by atoms with Crippen molar-refractivity contribution in [3.05, 3.63) is 45.8 Å². The second-order valence-electron chi connectivity index (χ2n) is 6.22. The largest absolute Gasteiger partial charge is 0.496 e. The van der Waals surface area contributed by atoms with E-state index in [4.69, 9.17) is 9.47 Å². The van der Waals surface area contributed by atoms with Gasteiger partial charge in [0.1, 0.15) is 16.8 Å². The predicted octanol–water partition coefficient (Wildman–Crippen LogP) is 3.23. The maximum absolute atomic E-state index is 12.2. The van der Waals surface area contributed by atoms with Gasteiger partial charge in [-0.1, -0.05) is 18.2 Å². The number of ether oxygens (including phenoxy) is 2. The van der Waals surface area contributed by atoms with E-state index in [0.717, 1.165) is 31.2 Å². The van der Waals surface area contributed by atoms with Crippen molar-refractivity contribution in [3.63, 3.8) is 0 Å². The molecule has 0 spiro atoms. The van der Waals surface area contributed by atoms with Crippen molar-refractivity contribution in [3.8, 4) is 11.8 Å². The van der Waals surface area contributed by atoms with Crippen LogP contribution in [0.2, 0.25) is 0 Å². The molecule has 0 bridgehead atoms. The molecule has 0 aliphatic heterocycles. The molecule has 6 nitrogen and oxygen atoms in total. The number of nitriles is 1. The molecule has 1 amide bonds. The molecule has 0 fully saturated rings. The van der Waals surface area contributed by atoms with E-state index >= 15 is 0 Å². The summed E-state index contributed by atoms with van der Waals surface area (Å²) in [6.45, 7) is -0.387. The topological polar surface area (TPSA) is 88.4 Å². The lowest BCUT2D eigenvalue weighted by Crippen LogP contribution is -2.21. The molecule has 1 heterocycles. The monoisotopic (exact) mass is 384 g/mol. The smallest absolute Gasteiger partial charge is 0.310 e. The molecular formula is C20H20N2O4S. The number of hydrogen-bond donors (Lipinski definition) is 1. The zero-order valence-corrected chi connectivity index (χ0v) is 15.9. The third kappa shape index (κ3) is 4.47. The number of benzene rings is 1. The molecule has 0 atom stereocenters. The van der Waals surface area contributed by atoms with Gasteiger partial charge in [-0.3, -0.25) is 9.59 Å². The van der Waals surface area contributed by atoms with Gasteiger partial charge in [0.25, 0.3) is 5.91 Å². The number of aryl methyl sites for hydroxylation is 1. The number of anilines is 1. The molecule has 3 rings (SSSR count). The van der Waals surface area contributed by atoms with E-state index in [2.05, 4.69) is 11.4 Å². The lowest BCUT2D eigenvalue weighted by Gasteiger charge is -2.09. The van der Waals surface area contributed by atoms with Crippen molar-refractivity contribution in [2.75, 3.05) is 19.0 Å². The summed E-state index contributed by atoms with van der Waals surface area (Å²) in [5, 5.41) is 12.7. The van der Waals surface area contributed by atoms with Gasteiger partial charge >= 0.3 is 5.97 Å². The average molecular weight is 384 g/mol. The predicted molar refractivity (Wildman–Crippen MR) is 102 cm³/mol. The number of carbonyl (C=O) groups excluding carboxylic acids is 2. The van der Waals surface area contributed by atoms with E-state index < -0.39 is 11.9 Å². The summed E-state index contributed by atoms with van der Waals surface area (Å²) >= 11 is 1.45. The second-order valence-corrected chi connectivity index (χ2v) is 7.33. The Bertz CT molecular complexity index is 898. The summed E-state index contributed by atoms with van der Waals surface area (Å²) in [6, 6.07) is 9.35. The Balaban J connectivity index is 1.56. The van der Waals surface area contributed by atoms with E-state index in [9.17, 15) is 14.9 Å². The number of methoxy groups -OCH3 is 1. The summed E-state index contributed by atoms with van der Waals surface area (Å²) in [4.78, 5) is 25.3. The van der Waals surface area contributed by atoms with Gasteiger partial charge in [-0.2, -0.15) is 5.26 Å². The van der Waals surface area contributed by atoms with Gasteiger partial charge in [0.15, 0.2) is 6.61 Å². The van der Waals surface area contributed by atoms with Crippen LogP contribution < -0.4 is 10.1 Å². The fourth-order valence-corrected chi connectivity index (χ4v) is 4.39. The van der Waals surface area contributed by atoms with Crippen LogP contribution >= 0.6 is 11.3 Å². The van der Waals surface area contributed by atoms with Gasteiger partial charge in [-0.05, 0) is 37.3 Å². The Labute approximate surface area is 161 Å². The van der Waals surface area contributed by atoms with Gasteiger partial charge in [0, 0.05) is 10.4 Å². The number of nitrogens with zero attached hydrogens (tertiary/aromatic N) is 1.